The minimum Gasteiger partial charge on any atom is -0.496 e. The maximum absolute atomic E-state index is 5.79. The maximum Gasteiger partial charge on any atom is 0.135 e. The van der Waals surface area contributed by atoms with Gasteiger partial charge in [-0.1, -0.05) is 0 Å². The van der Waals surface area contributed by atoms with Gasteiger partial charge in [0.05, 0.1) is 32.6 Å². The van der Waals surface area contributed by atoms with Crippen LogP contribution in [-0.2, 0) is 0 Å². The van der Waals surface area contributed by atoms with Gasteiger partial charge in [-0.15, -0.1) is 0 Å². The molecular formula is C14H16N2O3. The summed E-state index contributed by atoms with van der Waals surface area (Å²) in [6.45, 7) is 0. The summed E-state index contributed by atoms with van der Waals surface area (Å²) in [6, 6.07) is 7.06. The summed E-state index contributed by atoms with van der Waals surface area (Å²) in [7, 11) is 4.76. The number of nitrogen functional groups attached to an aromatic ring is 1. The largest absolute Gasteiger partial charge is 0.496 e. The van der Waals surface area contributed by atoms with Crippen molar-refractivity contribution in [2.45, 2.75) is 0 Å². The number of benzene rings is 1. The first kappa shape index (κ1) is 13.0. The summed E-state index contributed by atoms with van der Waals surface area (Å²) in [5.41, 5.74) is 7.86. The van der Waals surface area contributed by atoms with Gasteiger partial charge in [0.1, 0.15) is 17.2 Å². The quantitative estimate of drug-likeness (QED) is 0.914. The van der Waals surface area contributed by atoms with Gasteiger partial charge in [-0.05, 0) is 12.1 Å². The lowest BCUT2D eigenvalue weighted by Gasteiger charge is -2.14. The Hall–Kier alpha value is -2.43. The molecule has 0 bridgehead atoms. The Morgan fingerprint density at radius 2 is 1.58 bits per heavy atom. The van der Waals surface area contributed by atoms with E-state index in [1.54, 1.807) is 51.8 Å². The Morgan fingerprint density at radius 3 is 2.05 bits per heavy atom. The first-order valence-electron chi connectivity index (χ1n) is 5.71. The van der Waals surface area contributed by atoms with Crippen molar-refractivity contribution >= 4 is 5.69 Å². The lowest BCUT2D eigenvalue weighted by molar-refractivity contribution is 0.377. The van der Waals surface area contributed by atoms with Crippen molar-refractivity contribution in [2.75, 3.05) is 27.1 Å². The number of hydrogen-bond acceptors (Lipinski definition) is 5. The number of ether oxygens (including phenoxy) is 3. The molecule has 5 heteroatoms. The predicted octanol–water partition coefficient (Wildman–Crippen LogP) is 2.36. The SMILES string of the molecule is COc1cc(OC)c(-c2cc(N)ccn2)c(OC)c1. The molecule has 1 heterocycles. The van der Waals surface area contributed by atoms with E-state index in [0.29, 0.717) is 28.6 Å². The second-order valence-corrected chi connectivity index (χ2v) is 3.88. The van der Waals surface area contributed by atoms with Crippen molar-refractivity contribution in [1.29, 1.82) is 0 Å². The highest BCUT2D eigenvalue weighted by Crippen LogP contribution is 2.41. The Kier molecular flexibility index (Phi) is 3.75. The number of nitrogens with zero attached hydrogens (tertiary/aromatic N) is 1. The third-order valence-corrected chi connectivity index (χ3v) is 2.76. The highest BCUT2D eigenvalue weighted by molar-refractivity contribution is 5.77. The number of hydrogen-bond donors (Lipinski definition) is 1. The van der Waals surface area contributed by atoms with Crippen LogP contribution in [0, 0.1) is 0 Å². The predicted molar refractivity (Wildman–Crippen MR) is 73.7 cm³/mol. The average molecular weight is 260 g/mol. The van der Waals surface area contributed by atoms with Crippen LogP contribution in [0.2, 0.25) is 0 Å². The maximum atomic E-state index is 5.79. The highest BCUT2D eigenvalue weighted by atomic mass is 16.5. The lowest BCUT2D eigenvalue weighted by atomic mass is 10.1. The van der Waals surface area contributed by atoms with Gasteiger partial charge in [-0.25, -0.2) is 0 Å². The average Bonchev–Trinajstić information content (AvgIpc) is 2.45. The van der Waals surface area contributed by atoms with E-state index in [4.69, 9.17) is 19.9 Å². The van der Waals surface area contributed by atoms with E-state index in [9.17, 15) is 0 Å². The van der Waals surface area contributed by atoms with Gasteiger partial charge in [0.25, 0.3) is 0 Å². The molecule has 1 aromatic heterocycles. The van der Waals surface area contributed by atoms with Gasteiger partial charge in [0.15, 0.2) is 0 Å². The minimum atomic E-state index is 0.620. The summed E-state index contributed by atoms with van der Waals surface area (Å²) in [4.78, 5) is 4.30. The van der Waals surface area contributed by atoms with Crippen molar-refractivity contribution in [3.05, 3.63) is 30.5 Å². The first-order valence-corrected chi connectivity index (χ1v) is 5.71. The summed E-state index contributed by atoms with van der Waals surface area (Å²) in [5, 5.41) is 0. The molecule has 0 fully saturated rings. The Morgan fingerprint density at radius 1 is 0.947 bits per heavy atom. The lowest BCUT2D eigenvalue weighted by Crippen LogP contribution is -1.97. The third-order valence-electron chi connectivity index (χ3n) is 2.76. The number of pyridine rings is 1. The molecule has 1 aromatic carbocycles. The molecule has 2 N–H and O–H groups in total. The number of anilines is 1. The van der Waals surface area contributed by atoms with Crippen molar-refractivity contribution in [3.8, 4) is 28.5 Å². The number of methoxy groups -OCH3 is 3. The first-order chi connectivity index (χ1) is 9.19. The van der Waals surface area contributed by atoms with Crippen LogP contribution in [0.1, 0.15) is 0 Å². The Bertz CT molecular complexity index is 560. The van der Waals surface area contributed by atoms with Crippen molar-refractivity contribution in [3.63, 3.8) is 0 Å². The van der Waals surface area contributed by atoms with Crippen LogP contribution in [-0.4, -0.2) is 26.3 Å². The Balaban J connectivity index is 2.66. The summed E-state index contributed by atoms with van der Waals surface area (Å²) in [6.07, 6.45) is 1.65. The molecule has 0 aliphatic rings. The van der Waals surface area contributed by atoms with Gasteiger partial charge < -0.3 is 19.9 Å². The van der Waals surface area contributed by atoms with Crippen LogP contribution in [0.4, 0.5) is 5.69 Å². The number of rotatable bonds is 4. The van der Waals surface area contributed by atoms with E-state index in [1.807, 2.05) is 0 Å². The second-order valence-electron chi connectivity index (χ2n) is 3.88. The van der Waals surface area contributed by atoms with Gasteiger partial charge >= 0.3 is 0 Å². The normalized spacial score (nSPS) is 10.1. The molecule has 0 atom stereocenters. The molecule has 0 amide bonds. The molecule has 0 saturated heterocycles. The summed E-state index contributed by atoms with van der Waals surface area (Å²) >= 11 is 0. The van der Waals surface area contributed by atoms with E-state index in [2.05, 4.69) is 4.98 Å². The van der Waals surface area contributed by atoms with Crippen LogP contribution < -0.4 is 19.9 Å². The summed E-state index contributed by atoms with van der Waals surface area (Å²) < 4.78 is 16.0. The molecule has 0 saturated carbocycles. The molecule has 5 nitrogen and oxygen atoms in total. The van der Waals surface area contributed by atoms with Crippen LogP contribution in [0.15, 0.2) is 30.5 Å². The van der Waals surface area contributed by atoms with Crippen LogP contribution in [0.5, 0.6) is 17.2 Å². The fourth-order valence-electron chi connectivity index (χ4n) is 1.84. The monoisotopic (exact) mass is 260 g/mol. The van der Waals surface area contributed by atoms with Crippen molar-refractivity contribution in [1.82, 2.24) is 4.98 Å². The van der Waals surface area contributed by atoms with Gasteiger partial charge in [-0.2, -0.15) is 0 Å². The zero-order valence-electron chi connectivity index (χ0n) is 11.1. The molecule has 2 aromatic rings. The molecule has 19 heavy (non-hydrogen) atoms. The van der Waals surface area contributed by atoms with Crippen molar-refractivity contribution < 1.29 is 14.2 Å². The minimum absolute atomic E-state index is 0.620. The van der Waals surface area contributed by atoms with Gasteiger partial charge in [0, 0.05) is 24.0 Å². The van der Waals surface area contributed by atoms with E-state index in [-0.39, 0.29) is 0 Å². The van der Waals surface area contributed by atoms with E-state index in [0.717, 1.165) is 5.56 Å². The van der Waals surface area contributed by atoms with Gasteiger partial charge in [0.2, 0.25) is 0 Å². The van der Waals surface area contributed by atoms with Crippen LogP contribution in [0.25, 0.3) is 11.3 Å². The molecule has 0 unspecified atom stereocenters. The molecule has 2 rings (SSSR count). The van der Waals surface area contributed by atoms with E-state index < -0.39 is 0 Å². The molecule has 100 valence electrons. The second kappa shape index (κ2) is 5.48. The smallest absolute Gasteiger partial charge is 0.135 e. The van der Waals surface area contributed by atoms with E-state index in [1.165, 1.54) is 0 Å². The third kappa shape index (κ3) is 2.54. The molecule has 0 radical (unpaired) electrons. The zero-order chi connectivity index (χ0) is 13.8. The molecule has 0 aliphatic heterocycles. The molecule has 0 spiro atoms. The summed E-state index contributed by atoms with van der Waals surface area (Å²) in [5.74, 6) is 1.89. The Labute approximate surface area is 111 Å². The van der Waals surface area contributed by atoms with Crippen LogP contribution >= 0.6 is 0 Å². The number of aromatic nitrogens is 1. The fourth-order valence-corrected chi connectivity index (χ4v) is 1.84. The number of nitrogens with two attached hydrogens (primary N) is 1. The zero-order valence-corrected chi connectivity index (χ0v) is 11.1. The van der Waals surface area contributed by atoms with E-state index >= 15 is 0 Å². The molecular weight excluding hydrogens is 244 g/mol. The van der Waals surface area contributed by atoms with Crippen molar-refractivity contribution in [2.24, 2.45) is 0 Å². The highest BCUT2D eigenvalue weighted by Gasteiger charge is 2.16. The standard InChI is InChI=1S/C14H16N2O3/c1-17-10-7-12(18-2)14(13(8-10)19-3)11-6-9(15)4-5-16-11/h4-8H,1-3H3,(H2,15,16). The molecule has 0 aliphatic carbocycles. The van der Waals surface area contributed by atoms with Gasteiger partial charge in [-0.3, -0.25) is 4.98 Å². The topological polar surface area (TPSA) is 66.6 Å². The fraction of sp³-hybridized carbons (Fsp3) is 0.214. The van der Waals surface area contributed by atoms with Crippen LogP contribution in [0.3, 0.4) is 0 Å².